The van der Waals surface area contributed by atoms with Crippen molar-refractivity contribution in [2.24, 2.45) is 7.05 Å². The third kappa shape index (κ3) is 4.42. The van der Waals surface area contributed by atoms with E-state index in [2.05, 4.69) is 5.32 Å². The maximum absolute atomic E-state index is 11.9. The summed E-state index contributed by atoms with van der Waals surface area (Å²) in [5.41, 5.74) is 0.354. The van der Waals surface area contributed by atoms with Gasteiger partial charge in [0.1, 0.15) is 11.7 Å². The predicted octanol–water partition coefficient (Wildman–Crippen LogP) is 0.551. The van der Waals surface area contributed by atoms with Gasteiger partial charge in [0.15, 0.2) is 0 Å². The number of nitrogens with zero attached hydrogens (tertiary/aromatic N) is 1. The summed E-state index contributed by atoms with van der Waals surface area (Å²) < 4.78 is 6.30. The number of amides is 1. The van der Waals surface area contributed by atoms with Crippen molar-refractivity contribution in [2.45, 2.75) is 25.8 Å². The standard InChI is InChI=1S/C13H18N2O5/c1-3-20-11(16)7-6-9(13(18)19)14-12(17)10-5-4-8-15(10)2/h4-5,8-9H,3,6-7H2,1-2H3,(H,14,17)(H,18,19)/t9-/m0/s1. The summed E-state index contributed by atoms with van der Waals surface area (Å²) in [5.74, 6) is -2.16. The minimum Gasteiger partial charge on any atom is -0.480 e. The van der Waals surface area contributed by atoms with E-state index in [0.717, 1.165) is 0 Å². The Balaban J connectivity index is 2.59. The predicted molar refractivity (Wildman–Crippen MR) is 70.2 cm³/mol. The Bertz CT molecular complexity index is 495. The largest absolute Gasteiger partial charge is 0.480 e. The van der Waals surface area contributed by atoms with Gasteiger partial charge in [0.25, 0.3) is 5.91 Å². The van der Waals surface area contributed by atoms with Crippen molar-refractivity contribution >= 4 is 17.8 Å². The van der Waals surface area contributed by atoms with Gasteiger partial charge in [0.2, 0.25) is 0 Å². The number of aryl methyl sites for hydroxylation is 1. The number of nitrogens with one attached hydrogen (secondary N) is 1. The quantitative estimate of drug-likeness (QED) is 0.712. The average Bonchev–Trinajstić information content (AvgIpc) is 2.80. The molecule has 0 bridgehead atoms. The maximum Gasteiger partial charge on any atom is 0.326 e. The van der Waals surface area contributed by atoms with Crippen LogP contribution in [0.1, 0.15) is 30.3 Å². The van der Waals surface area contributed by atoms with Gasteiger partial charge in [-0.1, -0.05) is 0 Å². The summed E-state index contributed by atoms with van der Waals surface area (Å²) in [6.07, 6.45) is 1.62. The molecule has 7 heteroatoms. The van der Waals surface area contributed by atoms with Crippen LogP contribution >= 0.6 is 0 Å². The number of aromatic nitrogens is 1. The van der Waals surface area contributed by atoms with Crippen LogP contribution in [0.4, 0.5) is 0 Å². The molecule has 0 aliphatic heterocycles. The number of rotatable bonds is 7. The molecule has 1 aromatic heterocycles. The number of aliphatic carboxylic acids is 1. The van der Waals surface area contributed by atoms with Crippen LogP contribution in [0.25, 0.3) is 0 Å². The van der Waals surface area contributed by atoms with Crippen LogP contribution in [0.5, 0.6) is 0 Å². The molecule has 7 nitrogen and oxygen atoms in total. The molecule has 0 saturated carbocycles. The molecular weight excluding hydrogens is 264 g/mol. The van der Waals surface area contributed by atoms with Gasteiger partial charge in [0.05, 0.1) is 6.61 Å². The highest BCUT2D eigenvalue weighted by Gasteiger charge is 2.22. The second-order valence-corrected chi connectivity index (χ2v) is 4.21. The Morgan fingerprint density at radius 2 is 2.15 bits per heavy atom. The van der Waals surface area contributed by atoms with E-state index in [4.69, 9.17) is 9.84 Å². The van der Waals surface area contributed by atoms with Crippen LogP contribution in [-0.4, -0.2) is 40.2 Å². The van der Waals surface area contributed by atoms with Gasteiger partial charge in [-0.2, -0.15) is 0 Å². The van der Waals surface area contributed by atoms with Gasteiger partial charge in [-0.05, 0) is 25.5 Å². The van der Waals surface area contributed by atoms with Crippen molar-refractivity contribution in [3.8, 4) is 0 Å². The van der Waals surface area contributed by atoms with Crippen LogP contribution in [0.2, 0.25) is 0 Å². The molecule has 20 heavy (non-hydrogen) atoms. The van der Waals surface area contributed by atoms with E-state index in [-0.39, 0.29) is 19.4 Å². The zero-order valence-electron chi connectivity index (χ0n) is 11.5. The Labute approximate surface area is 116 Å². The van der Waals surface area contributed by atoms with Crippen molar-refractivity contribution in [2.75, 3.05) is 6.61 Å². The minimum absolute atomic E-state index is 0.00959. The van der Waals surface area contributed by atoms with Crippen LogP contribution in [0, 0.1) is 0 Å². The van der Waals surface area contributed by atoms with Crippen molar-refractivity contribution in [1.82, 2.24) is 9.88 Å². The normalized spacial score (nSPS) is 11.7. The molecule has 0 saturated heterocycles. The highest BCUT2D eigenvalue weighted by Crippen LogP contribution is 2.04. The van der Waals surface area contributed by atoms with E-state index in [1.54, 1.807) is 36.9 Å². The van der Waals surface area contributed by atoms with Crippen molar-refractivity contribution < 1.29 is 24.2 Å². The lowest BCUT2D eigenvalue weighted by molar-refractivity contribution is -0.144. The smallest absolute Gasteiger partial charge is 0.326 e. The van der Waals surface area contributed by atoms with Crippen LogP contribution in [0.3, 0.4) is 0 Å². The number of hydrogen-bond acceptors (Lipinski definition) is 4. The van der Waals surface area contributed by atoms with Crippen LogP contribution < -0.4 is 5.32 Å². The summed E-state index contributed by atoms with van der Waals surface area (Å²) in [7, 11) is 1.68. The molecule has 1 amide bonds. The van der Waals surface area contributed by atoms with E-state index < -0.39 is 23.9 Å². The third-order valence-corrected chi connectivity index (χ3v) is 2.72. The molecule has 0 fully saturated rings. The molecule has 0 aliphatic carbocycles. The molecule has 0 radical (unpaired) electrons. The molecule has 1 rings (SSSR count). The van der Waals surface area contributed by atoms with Gasteiger partial charge < -0.3 is 19.7 Å². The summed E-state index contributed by atoms with van der Waals surface area (Å²) >= 11 is 0. The van der Waals surface area contributed by atoms with Crippen molar-refractivity contribution in [3.63, 3.8) is 0 Å². The molecule has 0 aromatic carbocycles. The number of carboxylic acid groups (broad SMARTS) is 1. The molecule has 0 aliphatic rings. The zero-order chi connectivity index (χ0) is 15.1. The molecule has 0 unspecified atom stereocenters. The second-order valence-electron chi connectivity index (χ2n) is 4.21. The lowest BCUT2D eigenvalue weighted by Gasteiger charge is -2.14. The van der Waals surface area contributed by atoms with E-state index in [9.17, 15) is 14.4 Å². The SMILES string of the molecule is CCOC(=O)CC[C@H](NC(=O)c1cccn1C)C(=O)O. The lowest BCUT2D eigenvalue weighted by atomic mass is 10.1. The Hall–Kier alpha value is -2.31. The molecule has 1 atom stereocenters. The minimum atomic E-state index is -1.18. The highest BCUT2D eigenvalue weighted by atomic mass is 16.5. The number of hydrogen-bond donors (Lipinski definition) is 2. The first-order valence-electron chi connectivity index (χ1n) is 6.26. The van der Waals surface area contributed by atoms with Gasteiger partial charge in [-0.25, -0.2) is 4.79 Å². The number of esters is 1. The highest BCUT2D eigenvalue weighted by molar-refractivity contribution is 5.95. The Morgan fingerprint density at radius 3 is 2.65 bits per heavy atom. The van der Waals surface area contributed by atoms with Crippen LogP contribution in [0.15, 0.2) is 18.3 Å². The summed E-state index contributed by atoms with van der Waals surface area (Å²) in [6, 6.07) is 2.14. The zero-order valence-corrected chi connectivity index (χ0v) is 11.5. The fraction of sp³-hybridized carbons (Fsp3) is 0.462. The molecular formula is C13H18N2O5. The maximum atomic E-state index is 11.9. The fourth-order valence-corrected chi connectivity index (χ4v) is 1.68. The first-order chi connectivity index (χ1) is 9.45. The first-order valence-corrected chi connectivity index (χ1v) is 6.26. The molecule has 0 spiro atoms. The average molecular weight is 282 g/mol. The fourth-order valence-electron chi connectivity index (χ4n) is 1.68. The molecule has 2 N–H and O–H groups in total. The number of carboxylic acids is 1. The van der Waals surface area contributed by atoms with Crippen molar-refractivity contribution in [1.29, 1.82) is 0 Å². The van der Waals surface area contributed by atoms with Gasteiger partial charge in [0, 0.05) is 19.7 Å². The van der Waals surface area contributed by atoms with Crippen molar-refractivity contribution in [3.05, 3.63) is 24.0 Å². The Kier molecular flexibility index (Phi) is 5.76. The molecule has 1 aromatic rings. The summed E-state index contributed by atoms with van der Waals surface area (Å²) in [4.78, 5) is 34.2. The number of carbonyl (C=O) groups excluding carboxylic acids is 2. The van der Waals surface area contributed by atoms with E-state index in [1.807, 2.05) is 0 Å². The topological polar surface area (TPSA) is 97.6 Å². The van der Waals surface area contributed by atoms with Gasteiger partial charge >= 0.3 is 11.9 Å². The number of carbonyl (C=O) groups is 3. The molecule has 1 heterocycles. The monoisotopic (exact) mass is 282 g/mol. The summed E-state index contributed by atoms with van der Waals surface area (Å²) in [5, 5.41) is 11.4. The summed E-state index contributed by atoms with van der Waals surface area (Å²) in [6.45, 7) is 1.91. The number of ether oxygens (including phenoxy) is 1. The third-order valence-electron chi connectivity index (χ3n) is 2.72. The Morgan fingerprint density at radius 1 is 1.45 bits per heavy atom. The van der Waals surface area contributed by atoms with Gasteiger partial charge in [-0.3, -0.25) is 9.59 Å². The molecule has 110 valence electrons. The van der Waals surface area contributed by atoms with E-state index in [1.165, 1.54) is 0 Å². The van der Waals surface area contributed by atoms with Crippen LogP contribution in [-0.2, 0) is 21.4 Å². The van der Waals surface area contributed by atoms with E-state index >= 15 is 0 Å². The second kappa shape index (κ2) is 7.32. The lowest BCUT2D eigenvalue weighted by Crippen LogP contribution is -2.41. The first kappa shape index (κ1) is 15.7. The van der Waals surface area contributed by atoms with Gasteiger partial charge in [-0.15, -0.1) is 0 Å². The van der Waals surface area contributed by atoms with E-state index in [0.29, 0.717) is 5.69 Å².